The highest BCUT2D eigenvalue weighted by Gasteiger charge is 2.14. The molecular weight excluding hydrogens is 388 g/mol. The van der Waals surface area contributed by atoms with E-state index in [1.54, 1.807) is 30.5 Å². The number of hydrogen-bond donors (Lipinski definition) is 2. The van der Waals surface area contributed by atoms with Crippen molar-refractivity contribution in [1.82, 2.24) is 15.0 Å². The van der Waals surface area contributed by atoms with Gasteiger partial charge in [-0.15, -0.1) is 0 Å². The zero-order valence-corrected chi connectivity index (χ0v) is 16.7. The number of imidazole rings is 1. The summed E-state index contributed by atoms with van der Waals surface area (Å²) in [7, 11) is -3.37. The van der Waals surface area contributed by atoms with E-state index in [0.717, 1.165) is 10.8 Å². The van der Waals surface area contributed by atoms with E-state index in [1.165, 1.54) is 0 Å². The monoisotopic (exact) mass is 408 g/mol. The molecule has 2 aromatic carbocycles. The number of fused-ring (bicyclic) bond motifs is 2. The molecule has 0 unspecified atom stereocenters. The molecule has 0 saturated carbocycles. The average Bonchev–Trinajstić information content (AvgIpc) is 3.08. The predicted octanol–water partition coefficient (Wildman–Crippen LogP) is 3.69. The van der Waals surface area contributed by atoms with Crippen molar-refractivity contribution >= 4 is 43.3 Å². The average molecular weight is 408 g/mol. The first-order valence-corrected chi connectivity index (χ1v) is 11.0. The standard InChI is InChI=1S/C21H20N4O3S/c1-2-9-29(27,28)25-16-7-8-17-18(11-16)24-21(23-17)12-20(26)19-10-14-5-3-4-6-15(14)13-22-19/h3-8,10-11,13,25H,2,9,12H2,1H3,(H,23,24). The molecule has 4 rings (SSSR count). The van der Waals surface area contributed by atoms with Gasteiger partial charge in [0.25, 0.3) is 0 Å². The van der Waals surface area contributed by atoms with Crippen molar-refractivity contribution in [3.63, 3.8) is 0 Å². The molecule has 0 radical (unpaired) electrons. The topological polar surface area (TPSA) is 105 Å². The van der Waals surface area contributed by atoms with E-state index in [9.17, 15) is 13.2 Å². The number of rotatable bonds is 7. The van der Waals surface area contributed by atoms with Gasteiger partial charge in [0.2, 0.25) is 10.0 Å². The molecule has 0 saturated heterocycles. The first-order chi connectivity index (χ1) is 13.9. The molecule has 8 heteroatoms. The summed E-state index contributed by atoms with van der Waals surface area (Å²) >= 11 is 0. The lowest BCUT2D eigenvalue weighted by Gasteiger charge is -2.06. The Labute approximate surface area is 168 Å². The lowest BCUT2D eigenvalue weighted by atomic mass is 10.1. The zero-order valence-electron chi connectivity index (χ0n) is 15.8. The lowest BCUT2D eigenvalue weighted by Crippen LogP contribution is -2.15. The van der Waals surface area contributed by atoms with Gasteiger partial charge in [0, 0.05) is 11.6 Å². The normalized spacial score (nSPS) is 11.8. The van der Waals surface area contributed by atoms with E-state index in [0.29, 0.717) is 34.7 Å². The number of carbonyl (C=O) groups excluding carboxylic acids is 1. The molecular formula is C21H20N4O3S. The van der Waals surface area contributed by atoms with Crippen LogP contribution in [0.5, 0.6) is 0 Å². The molecule has 0 aliphatic rings. The molecule has 0 aliphatic heterocycles. The van der Waals surface area contributed by atoms with Crippen LogP contribution in [0.1, 0.15) is 29.7 Å². The Bertz CT molecular complexity index is 1310. The Morgan fingerprint density at radius 1 is 1.10 bits per heavy atom. The molecule has 0 spiro atoms. The molecule has 0 atom stereocenters. The SMILES string of the molecule is CCCS(=O)(=O)Nc1ccc2nc(CC(=O)c3cc4ccccc4cn3)[nH]c2c1. The molecule has 2 heterocycles. The molecule has 0 amide bonds. The summed E-state index contributed by atoms with van der Waals surface area (Å²) in [4.78, 5) is 24.4. The second-order valence-corrected chi connectivity index (χ2v) is 8.69. The van der Waals surface area contributed by atoms with Crippen molar-refractivity contribution in [2.45, 2.75) is 19.8 Å². The maximum atomic E-state index is 12.6. The largest absolute Gasteiger partial charge is 0.342 e. The molecule has 4 aromatic rings. The number of aromatic amines is 1. The van der Waals surface area contributed by atoms with E-state index in [-0.39, 0.29) is 18.0 Å². The summed E-state index contributed by atoms with van der Waals surface area (Å²) in [5.74, 6) is 0.430. The van der Waals surface area contributed by atoms with Gasteiger partial charge >= 0.3 is 0 Å². The molecule has 0 bridgehead atoms. The van der Waals surface area contributed by atoms with Gasteiger partial charge in [0.15, 0.2) is 5.78 Å². The fourth-order valence-corrected chi connectivity index (χ4v) is 4.31. The van der Waals surface area contributed by atoms with Crippen molar-refractivity contribution in [2.24, 2.45) is 0 Å². The Morgan fingerprint density at radius 2 is 1.90 bits per heavy atom. The highest BCUT2D eigenvalue weighted by molar-refractivity contribution is 7.92. The third kappa shape index (κ3) is 4.27. The van der Waals surface area contributed by atoms with Crippen molar-refractivity contribution in [3.8, 4) is 0 Å². The van der Waals surface area contributed by atoms with Crippen molar-refractivity contribution in [2.75, 3.05) is 10.5 Å². The van der Waals surface area contributed by atoms with Crippen LogP contribution < -0.4 is 4.72 Å². The first-order valence-electron chi connectivity index (χ1n) is 9.30. The van der Waals surface area contributed by atoms with E-state index in [4.69, 9.17) is 0 Å². The number of pyridine rings is 1. The van der Waals surface area contributed by atoms with Crippen LogP contribution in [0.4, 0.5) is 5.69 Å². The number of hydrogen-bond acceptors (Lipinski definition) is 5. The third-order valence-electron chi connectivity index (χ3n) is 4.52. The van der Waals surface area contributed by atoms with E-state index < -0.39 is 10.0 Å². The minimum absolute atomic E-state index is 0.0620. The van der Waals surface area contributed by atoms with E-state index in [2.05, 4.69) is 19.7 Å². The van der Waals surface area contributed by atoms with Crippen LogP contribution in [0.15, 0.2) is 54.7 Å². The number of carbonyl (C=O) groups is 1. The molecule has 0 aliphatic carbocycles. The van der Waals surface area contributed by atoms with Gasteiger partial charge in [-0.05, 0) is 36.1 Å². The molecule has 2 N–H and O–H groups in total. The molecule has 148 valence electrons. The van der Waals surface area contributed by atoms with Gasteiger partial charge in [-0.1, -0.05) is 31.2 Å². The first kappa shape index (κ1) is 19.1. The van der Waals surface area contributed by atoms with Crippen LogP contribution in [-0.4, -0.2) is 34.9 Å². The fourth-order valence-electron chi connectivity index (χ4n) is 3.19. The summed E-state index contributed by atoms with van der Waals surface area (Å²) in [6.45, 7) is 1.81. The van der Waals surface area contributed by atoms with Crippen LogP contribution in [0, 0.1) is 0 Å². The Balaban J connectivity index is 1.55. The molecule has 2 aromatic heterocycles. The predicted molar refractivity (Wildman–Crippen MR) is 114 cm³/mol. The Kier molecular flexibility index (Phi) is 5.02. The van der Waals surface area contributed by atoms with Gasteiger partial charge in [0.05, 0.1) is 28.9 Å². The summed E-state index contributed by atoms with van der Waals surface area (Å²) < 4.78 is 26.4. The van der Waals surface area contributed by atoms with Crippen molar-refractivity contribution in [3.05, 3.63) is 66.2 Å². The number of anilines is 1. The maximum Gasteiger partial charge on any atom is 0.232 e. The number of Topliss-reactive ketones (excluding diaryl/α,β-unsaturated/α-hetero) is 1. The summed E-state index contributed by atoms with van der Waals surface area (Å²) in [5.41, 5.74) is 2.18. The molecule has 7 nitrogen and oxygen atoms in total. The minimum Gasteiger partial charge on any atom is -0.342 e. The highest BCUT2D eigenvalue weighted by Crippen LogP contribution is 2.20. The van der Waals surface area contributed by atoms with Crippen molar-refractivity contribution < 1.29 is 13.2 Å². The fraction of sp³-hybridized carbons (Fsp3) is 0.190. The summed E-state index contributed by atoms with van der Waals surface area (Å²) in [6, 6.07) is 14.6. The zero-order chi connectivity index (χ0) is 20.4. The number of aromatic nitrogens is 3. The molecule has 0 fully saturated rings. The summed E-state index contributed by atoms with van der Waals surface area (Å²) in [5, 5.41) is 1.94. The van der Waals surface area contributed by atoms with Crippen LogP contribution in [0.25, 0.3) is 21.8 Å². The second kappa shape index (κ2) is 7.63. The van der Waals surface area contributed by atoms with Gasteiger partial charge in [-0.3, -0.25) is 14.5 Å². The number of benzene rings is 2. The number of ketones is 1. The molecule has 29 heavy (non-hydrogen) atoms. The van der Waals surface area contributed by atoms with Gasteiger partial charge < -0.3 is 4.98 Å². The number of sulfonamides is 1. The number of nitrogens with one attached hydrogen (secondary N) is 2. The van der Waals surface area contributed by atoms with Crippen molar-refractivity contribution in [1.29, 1.82) is 0 Å². The van der Waals surface area contributed by atoms with Gasteiger partial charge in [-0.2, -0.15) is 0 Å². The van der Waals surface area contributed by atoms with Gasteiger partial charge in [0.1, 0.15) is 11.5 Å². The van der Waals surface area contributed by atoms with Crippen LogP contribution in [0.2, 0.25) is 0 Å². The smallest absolute Gasteiger partial charge is 0.232 e. The quantitative estimate of drug-likeness (QED) is 0.454. The Hall–Kier alpha value is -3.26. The second-order valence-electron chi connectivity index (χ2n) is 6.85. The maximum absolute atomic E-state index is 12.6. The lowest BCUT2D eigenvalue weighted by molar-refractivity contribution is 0.0986. The van der Waals surface area contributed by atoms with Crippen LogP contribution >= 0.6 is 0 Å². The summed E-state index contributed by atoms with van der Waals surface area (Å²) in [6.07, 6.45) is 2.31. The van der Waals surface area contributed by atoms with E-state index >= 15 is 0 Å². The third-order valence-corrected chi connectivity index (χ3v) is 6.01. The van der Waals surface area contributed by atoms with Gasteiger partial charge in [-0.25, -0.2) is 13.4 Å². The van der Waals surface area contributed by atoms with Crippen LogP contribution in [0.3, 0.4) is 0 Å². The number of H-pyrrole nitrogens is 1. The highest BCUT2D eigenvalue weighted by atomic mass is 32.2. The van der Waals surface area contributed by atoms with E-state index in [1.807, 2.05) is 31.2 Å². The minimum atomic E-state index is -3.37. The Morgan fingerprint density at radius 3 is 2.69 bits per heavy atom. The number of nitrogens with zero attached hydrogens (tertiary/aromatic N) is 2. The van der Waals surface area contributed by atoms with Crippen LogP contribution in [-0.2, 0) is 16.4 Å².